The fourth-order valence-corrected chi connectivity index (χ4v) is 1.44. The number of carboxylic acid groups (broad SMARTS) is 1. The summed E-state index contributed by atoms with van der Waals surface area (Å²) in [6.45, 7) is 2.43. The van der Waals surface area contributed by atoms with Gasteiger partial charge in [0.2, 0.25) is 0 Å². The highest BCUT2D eigenvalue weighted by Crippen LogP contribution is 2.17. The van der Waals surface area contributed by atoms with Crippen LogP contribution in [0.25, 0.3) is 0 Å². The van der Waals surface area contributed by atoms with Gasteiger partial charge < -0.3 is 19.3 Å². The first-order chi connectivity index (χ1) is 8.67. The van der Waals surface area contributed by atoms with Gasteiger partial charge in [0.15, 0.2) is 6.10 Å². The van der Waals surface area contributed by atoms with Crippen LogP contribution in [0.1, 0.15) is 13.3 Å². The van der Waals surface area contributed by atoms with Crippen LogP contribution in [0.2, 0.25) is 0 Å². The number of methoxy groups -OCH3 is 1. The van der Waals surface area contributed by atoms with E-state index in [9.17, 15) is 4.79 Å². The Labute approximate surface area is 106 Å². The highest BCUT2D eigenvalue weighted by atomic mass is 16.5. The number of benzene rings is 1. The molecule has 1 atom stereocenters. The molecule has 100 valence electrons. The molecule has 0 fully saturated rings. The fourth-order valence-electron chi connectivity index (χ4n) is 1.44. The Morgan fingerprint density at radius 3 is 2.39 bits per heavy atom. The first-order valence-corrected chi connectivity index (χ1v) is 5.78. The lowest BCUT2D eigenvalue weighted by Gasteiger charge is -2.13. The smallest absolute Gasteiger partial charge is 0.332 e. The zero-order valence-electron chi connectivity index (χ0n) is 10.6. The Morgan fingerprint density at radius 2 is 1.89 bits per heavy atom. The molecule has 0 aliphatic rings. The molecule has 18 heavy (non-hydrogen) atoms. The van der Waals surface area contributed by atoms with E-state index in [1.54, 1.807) is 38.3 Å². The Bertz CT molecular complexity index is 360. The minimum Gasteiger partial charge on any atom is -0.497 e. The maximum Gasteiger partial charge on any atom is 0.332 e. The highest BCUT2D eigenvalue weighted by Gasteiger charge is 2.16. The molecule has 0 heterocycles. The van der Waals surface area contributed by atoms with Crippen LogP contribution in [0.3, 0.4) is 0 Å². The monoisotopic (exact) mass is 254 g/mol. The molecule has 5 heteroatoms. The molecular weight excluding hydrogens is 236 g/mol. The van der Waals surface area contributed by atoms with Crippen molar-refractivity contribution in [3.05, 3.63) is 24.3 Å². The second kappa shape index (κ2) is 7.55. The van der Waals surface area contributed by atoms with Crippen molar-refractivity contribution in [1.82, 2.24) is 0 Å². The number of ether oxygens (including phenoxy) is 3. The number of hydrogen-bond acceptors (Lipinski definition) is 4. The molecule has 1 rings (SSSR count). The van der Waals surface area contributed by atoms with E-state index in [-0.39, 0.29) is 0 Å². The largest absolute Gasteiger partial charge is 0.497 e. The van der Waals surface area contributed by atoms with E-state index in [1.165, 1.54) is 0 Å². The Balaban J connectivity index is 2.37. The van der Waals surface area contributed by atoms with Gasteiger partial charge in [0.05, 0.1) is 13.7 Å². The maximum absolute atomic E-state index is 10.8. The van der Waals surface area contributed by atoms with Crippen LogP contribution in [0.15, 0.2) is 24.3 Å². The van der Waals surface area contributed by atoms with Gasteiger partial charge in [0.1, 0.15) is 11.5 Å². The second-order valence-corrected chi connectivity index (χ2v) is 3.59. The molecule has 0 aliphatic heterocycles. The van der Waals surface area contributed by atoms with Gasteiger partial charge in [-0.05, 0) is 31.2 Å². The van der Waals surface area contributed by atoms with Gasteiger partial charge in [-0.2, -0.15) is 0 Å². The number of carbonyl (C=O) groups is 1. The molecule has 1 unspecified atom stereocenters. The zero-order chi connectivity index (χ0) is 13.4. The van der Waals surface area contributed by atoms with E-state index in [0.29, 0.717) is 25.4 Å². The van der Waals surface area contributed by atoms with E-state index in [2.05, 4.69) is 0 Å². The van der Waals surface area contributed by atoms with E-state index in [0.717, 1.165) is 5.75 Å². The molecule has 0 bridgehead atoms. The molecule has 1 N–H and O–H groups in total. The van der Waals surface area contributed by atoms with Crippen molar-refractivity contribution in [1.29, 1.82) is 0 Å². The van der Waals surface area contributed by atoms with Crippen molar-refractivity contribution in [3.8, 4) is 11.5 Å². The summed E-state index contributed by atoms with van der Waals surface area (Å²) < 4.78 is 15.5. The van der Waals surface area contributed by atoms with Crippen LogP contribution in [-0.2, 0) is 9.53 Å². The highest BCUT2D eigenvalue weighted by molar-refractivity contribution is 5.72. The average Bonchev–Trinajstić information content (AvgIpc) is 2.38. The topological polar surface area (TPSA) is 65.0 Å². The summed E-state index contributed by atoms with van der Waals surface area (Å²) in [5.74, 6) is 0.465. The predicted molar refractivity (Wildman–Crippen MR) is 66.2 cm³/mol. The molecule has 0 spiro atoms. The van der Waals surface area contributed by atoms with Gasteiger partial charge in [-0.15, -0.1) is 0 Å². The van der Waals surface area contributed by atoms with Gasteiger partial charge in [-0.25, -0.2) is 4.79 Å². The minimum atomic E-state index is -0.963. The summed E-state index contributed by atoms with van der Waals surface area (Å²) in [5.41, 5.74) is 0. The van der Waals surface area contributed by atoms with E-state index < -0.39 is 12.1 Å². The fraction of sp³-hybridized carbons (Fsp3) is 0.462. The van der Waals surface area contributed by atoms with Crippen LogP contribution in [0.4, 0.5) is 0 Å². The van der Waals surface area contributed by atoms with Crippen molar-refractivity contribution in [3.63, 3.8) is 0 Å². The van der Waals surface area contributed by atoms with Gasteiger partial charge in [-0.1, -0.05) is 0 Å². The van der Waals surface area contributed by atoms with Gasteiger partial charge in [0.25, 0.3) is 0 Å². The minimum absolute atomic E-state index is 0.295. The van der Waals surface area contributed by atoms with Gasteiger partial charge in [0, 0.05) is 13.0 Å². The molecule has 0 aromatic heterocycles. The van der Waals surface area contributed by atoms with Crippen LogP contribution < -0.4 is 9.47 Å². The quantitative estimate of drug-likeness (QED) is 0.768. The van der Waals surface area contributed by atoms with Crippen molar-refractivity contribution >= 4 is 5.97 Å². The van der Waals surface area contributed by atoms with Crippen LogP contribution in [-0.4, -0.2) is 37.5 Å². The van der Waals surface area contributed by atoms with Crippen molar-refractivity contribution < 1.29 is 24.1 Å². The number of rotatable bonds is 8. The Kier molecular flexibility index (Phi) is 6.00. The lowest BCUT2D eigenvalue weighted by molar-refractivity contribution is -0.150. The van der Waals surface area contributed by atoms with Crippen molar-refractivity contribution in [2.75, 3.05) is 20.3 Å². The van der Waals surface area contributed by atoms with E-state index in [1.807, 2.05) is 0 Å². The Morgan fingerprint density at radius 1 is 1.28 bits per heavy atom. The SMILES string of the molecule is CCOC(CCOc1ccc(OC)cc1)C(=O)O. The predicted octanol–water partition coefficient (Wildman–Crippen LogP) is 1.95. The van der Waals surface area contributed by atoms with Crippen molar-refractivity contribution in [2.45, 2.75) is 19.4 Å². The third kappa shape index (κ3) is 4.63. The number of carboxylic acids is 1. The molecule has 0 aliphatic carbocycles. The average molecular weight is 254 g/mol. The summed E-state index contributed by atoms with van der Waals surface area (Å²) in [4.78, 5) is 10.8. The number of hydrogen-bond donors (Lipinski definition) is 1. The number of aliphatic carboxylic acids is 1. The summed E-state index contributed by atoms with van der Waals surface area (Å²) in [6.07, 6.45) is -0.497. The van der Waals surface area contributed by atoms with Gasteiger partial charge >= 0.3 is 5.97 Å². The molecule has 0 saturated heterocycles. The molecule has 1 aromatic rings. The third-order valence-electron chi connectivity index (χ3n) is 2.35. The molecule has 0 saturated carbocycles. The summed E-state index contributed by atoms with van der Waals surface area (Å²) in [5, 5.41) is 8.87. The van der Waals surface area contributed by atoms with Crippen LogP contribution in [0, 0.1) is 0 Å². The molecule has 5 nitrogen and oxygen atoms in total. The van der Waals surface area contributed by atoms with Crippen LogP contribution >= 0.6 is 0 Å². The lowest BCUT2D eigenvalue weighted by Crippen LogP contribution is -2.26. The summed E-state index contributed by atoms with van der Waals surface area (Å²) in [7, 11) is 1.59. The van der Waals surface area contributed by atoms with Crippen LogP contribution in [0.5, 0.6) is 11.5 Å². The van der Waals surface area contributed by atoms with Crippen molar-refractivity contribution in [2.24, 2.45) is 0 Å². The first kappa shape index (κ1) is 14.3. The lowest BCUT2D eigenvalue weighted by atomic mass is 10.2. The van der Waals surface area contributed by atoms with E-state index >= 15 is 0 Å². The molecule has 0 amide bonds. The normalized spacial score (nSPS) is 11.9. The van der Waals surface area contributed by atoms with E-state index in [4.69, 9.17) is 19.3 Å². The summed E-state index contributed by atoms with van der Waals surface area (Å²) >= 11 is 0. The van der Waals surface area contributed by atoms with Gasteiger partial charge in [-0.3, -0.25) is 0 Å². The molecule has 1 aromatic carbocycles. The summed E-state index contributed by atoms with van der Waals surface area (Å²) in [6, 6.07) is 7.11. The Hall–Kier alpha value is -1.75. The maximum atomic E-state index is 10.8. The molecule has 0 radical (unpaired) electrons. The molecular formula is C13H18O5. The standard InChI is InChI=1S/C13H18O5/c1-3-17-12(13(14)15)8-9-18-11-6-4-10(16-2)5-7-11/h4-7,12H,3,8-9H2,1-2H3,(H,14,15). The third-order valence-corrected chi connectivity index (χ3v) is 2.35. The second-order valence-electron chi connectivity index (χ2n) is 3.59. The zero-order valence-corrected chi connectivity index (χ0v) is 10.6. The first-order valence-electron chi connectivity index (χ1n) is 5.78.